The molecule has 1 atom stereocenters. The predicted octanol–water partition coefficient (Wildman–Crippen LogP) is 5.85. The van der Waals surface area contributed by atoms with Crippen LogP contribution in [0.5, 0.6) is 0 Å². The van der Waals surface area contributed by atoms with Gasteiger partial charge >= 0.3 is 0 Å². The Hall–Kier alpha value is -1.89. The topological polar surface area (TPSA) is 17.1 Å². The minimum atomic E-state index is 0.429. The first-order valence-corrected chi connectivity index (χ1v) is 9.86. The van der Waals surface area contributed by atoms with E-state index in [4.69, 9.17) is 0 Å². The summed E-state index contributed by atoms with van der Waals surface area (Å²) >= 11 is 0. The van der Waals surface area contributed by atoms with Crippen molar-refractivity contribution in [2.24, 2.45) is 23.2 Å². The van der Waals surface area contributed by atoms with Crippen molar-refractivity contribution in [1.82, 2.24) is 0 Å². The molecule has 0 radical (unpaired) electrons. The summed E-state index contributed by atoms with van der Waals surface area (Å²) in [5.41, 5.74) is 4.07. The molecule has 2 aromatic rings. The Labute approximate surface area is 150 Å². The maximum absolute atomic E-state index is 11.1. The van der Waals surface area contributed by atoms with E-state index in [2.05, 4.69) is 42.5 Å². The Balaban J connectivity index is 1.61. The molecule has 4 saturated carbocycles. The molecule has 4 aliphatic rings. The lowest BCUT2D eigenvalue weighted by Gasteiger charge is -2.59. The Morgan fingerprint density at radius 1 is 0.760 bits per heavy atom. The van der Waals surface area contributed by atoms with Gasteiger partial charge in [0, 0.05) is 11.5 Å². The molecule has 1 unspecified atom stereocenters. The number of benzene rings is 2. The molecule has 0 amide bonds. The van der Waals surface area contributed by atoms with Gasteiger partial charge in [-0.15, -0.1) is 0 Å². The summed E-state index contributed by atoms with van der Waals surface area (Å²) in [4.78, 5) is 11.1. The second-order valence-corrected chi connectivity index (χ2v) is 8.91. The summed E-state index contributed by atoms with van der Waals surface area (Å²) in [5.74, 6) is 3.33. The SMILES string of the molecule is O=Cc1ccc(C(c2ccccc2)C23CC4CC(CC(C4)C2)C3)cc1. The first kappa shape index (κ1) is 15.4. The first-order chi connectivity index (χ1) is 12.3. The molecule has 2 aromatic carbocycles. The number of aldehydes is 1. The van der Waals surface area contributed by atoms with Crippen LogP contribution in [0.4, 0.5) is 0 Å². The standard InChI is InChI=1S/C24H26O/c25-16-17-6-8-22(9-7-17)23(21-4-2-1-3-5-21)24-13-18-10-19(14-24)12-20(11-18)15-24/h1-9,16,18-20,23H,10-15H2. The van der Waals surface area contributed by atoms with E-state index in [1.54, 1.807) is 0 Å². The maximum atomic E-state index is 11.1. The van der Waals surface area contributed by atoms with Gasteiger partial charge in [0.25, 0.3) is 0 Å². The number of rotatable bonds is 4. The van der Waals surface area contributed by atoms with E-state index in [0.29, 0.717) is 11.3 Å². The van der Waals surface area contributed by atoms with E-state index in [9.17, 15) is 4.79 Å². The van der Waals surface area contributed by atoms with Crippen LogP contribution in [0.1, 0.15) is 65.9 Å². The van der Waals surface area contributed by atoms with Crippen molar-refractivity contribution in [3.63, 3.8) is 0 Å². The summed E-state index contributed by atoms with van der Waals surface area (Å²) in [6.07, 6.45) is 9.57. The Morgan fingerprint density at radius 2 is 1.28 bits per heavy atom. The largest absolute Gasteiger partial charge is 0.298 e. The van der Waals surface area contributed by atoms with Gasteiger partial charge in [0.1, 0.15) is 6.29 Å². The highest BCUT2D eigenvalue weighted by Gasteiger charge is 2.54. The molecule has 0 N–H and O–H groups in total. The zero-order valence-electron chi connectivity index (χ0n) is 14.7. The van der Waals surface area contributed by atoms with Crippen molar-refractivity contribution >= 4 is 6.29 Å². The third-order valence-corrected chi connectivity index (χ3v) is 7.24. The molecule has 1 nitrogen and oxygen atoms in total. The van der Waals surface area contributed by atoms with Gasteiger partial charge in [0.05, 0.1) is 0 Å². The molecule has 0 spiro atoms. The molecule has 6 rings (SSSR count). The van der Waals surface area contributed by atoms with Crippen molar-refractivity contribution < 1.29 is 4.79 Å². The summed E-state index contributed by atoms with van der Waals surface area (Å²) in [6.45, 7) is 0. The molecule has 1 heteroatoms. The van der Waals surface area contributed by atoms with E-state index in [1.807, 2.05) is 12.1 Å². The minimum Gasteiger partial charge on any atom is -0.298 e. The van der Waals surface area contributed by atoms with E-state index in [0.717, 1.165) is 29.6 Å². The number of hydrogen-bond donors (Lipinski definition) is 0. The van der Waals surface area contributed by atoms with E-state index >= 15 is 0 Å². The smallest absolute Gasteiger partial charge is 0.150 e. The van der Waals surface area contributed by atoms with Crippen molar-refractivity contribution in [3.05, 3.63) is 71.3 Å². The summed E-state index contributed by atoms with van der Waals surface area (Å²) in [5, 5.41) is 0. The zero-order chi connectivity index (χ0) is 16.9. The third-order valence-electron chi connectivity index (χ3n) is 7.24. The van der Waals surface area contributed by atoms with Gasteiger partial charge in [-0.3, -0.25) is 4.79 Å². The van der Waals surface area contributed by atoms with Crippen LogP contribution in [0, 0.1) is 23.2 Å². The first-order valence-electron chi connectivity index (χ1n) is 9.86. The second kappa shape index (κ2) is 5.83. The van der Waals surface area contributed by atoms with Crippen LogP contribution in [-0.2, 0) is 0 Å². The maximum Gasteiger partial charge on any atom is 0.150 e. The fourth-order valence-electron chi connectivity index (χ4n) is 6.84. The molecule has 25 heavy (non-hydrogen) atoms. The summed E-state index contributed by atoms with van der Waals surface area (Å²) in [6, 6.07) is 19.5. The molecular formula is C24H26O. The fourth-order valence-corrected chi connectivity index (χ4v) is 6.84. The predicted molar refractivity (Wildman–Crippen MR) is 101 cm³/mol. The monoisotopic (exact) mass is 330 g/mol. The van der Waals surface area contributed by atoms with Crippen molar-refractivity contribution in [1.29, 1.82) is 0 Å². The summed E-state index contributed by atoms with van der Waals surface area (Å²) < 4.78 is 0. The average molecular weight is 330 g/mol. The lowest BCUT2D eigenvalue weighted by atomic mass is 9.45. The molecule has 4 bridgehead atoms. The minimum absolute atomic E-state index is 0.429. The van der Waals surface area contributed by atoms with Gasteiger partial charge in [-0.1, -0.05) is 54.6 Å². The van der Waals surface area contributed by atoms with E-state index < -0.39 is 0 Å². The molecule has 0 aromatic heterocycles. The van der Waals surface area contributed by atoms with Crippen LogP contribution in [0.25, 0.3) is 0 Å². The number of carbonyl (C=O) groups excluding carboxylic acids is 1. The lowest BCUT2D eigenvalue weighted by molar-refractivity contribution is -0.0618. The van der Waals surface area contributed by atoms with Crippen molar-refractivity contribution in [2.75, 3.05) is 0 Å². The molecule has 4 fully saturated rings. The third kappa shape index (κ3) is 2.56. The highest BCUT2D eigenvalue weighted by Crippen LogP contribution is 2.65. The van der Waals surface area contributed by atoms with Crippen LogP contribution in [-0.4, -0.2) is 6.29 Å². The van der Waals surface area contributed by atoms with Crippen LogP contribution in [0.2, 0.25) is 0 Å². The van der Waals surface area contributed by atoms with Crippen molar-refractivity contribution in [3.8, 4) is 0 Å². The summed E-state index contributed by atoms with van der Waals surface area (Å²) in [7, 11) is 0. The van der Waals surface area contributed by atoms with Crippen LogP contribution < -0.4 is 0 Å². The molecular weight excluding hydrogens is 304 g/mol. The second-order valence-electron chi connectivity index (χ2n) is 8.91. The van der Waals surface area contributed by atoms with E-state index in [-0.39, 0.29) is 0 Å². The molecule has 0 saturated heterocycles. The van der Waals surface area contributed by atoms with Gasteiger partial charge in [-0.2, -0.15) is 0 Å². The number of carbonyl (C=O) groups is 1. The molecule has 128 valence electrons. The Morgan fingerprint density at radius 3 is 1.80 bits per heavy atom. The van der Waals surface area contributed by atoms with Crippen LogP contribution in [0.15, 0.2) is 54.6 Å². The average Bonchev–Trinajstić information content (AvgIpc) is 2.62. The highest BCUT2D eigenvalue weighted by molar-refractivity contribution is 5.74. The molecule has 0 aliphatic heterocycles. The van der Waals surface area contributed by atoms with Gasteiger partial charge in [0.15, 0.2) is 0 Å². The highest BCUT2D eigenvalue weighted by atomic mass is 16.1. The van der Waals surface area contributed by atoms with Crippen molar-refractivity contribution in [2.45, 2.75) is 44.4 Å². The van der Waals surface area contributed by atoms with Crippen LogP contribution in [0.3, 0.4) is 0 Å². The van der Waals surface area contributed by atoms with E-state index in [1.165, 1.54) is 49.7 Å². The van der Waals surface area contributed by atoms with Gasteiger partial charge in [-0.25, -0.2) is 0 Å². The zero-order valence-corrected chi connectivity index (χ0v) is 14.7. The van der Waals surface area contributed by atoms with Gasteiger partial charge < -0.3 is 0 Å². The van der Waals surface area contributed by atoms with Gasteiger partial charge in [-0.05, 0) is 72.8 Å². The molecule has 0 heterocycles. The van der Waals surface area contributed by atoms with Crippen LogP contribution >= 0.6 is 0 Å². The van der Waals surface area contributed by atoms with Gasteiger partial charge in [0.2, 0.25) is 0 Å². The fraction of sp³-hybridized carbons (Fsp3) is 0.458. The Bertz CT molecular complexity index is 723. The lowest BCUT2D eigenvalue weighted by Crippen LogP contribution is -2.49. The quantitative estimate of drug-likeness (QED) is 0.643. The number of hydrogen-bond acceptors (Lipinski definition) is 1. The molecule has 4 aliphatic carbocycles. The normalized spacial score (nSPS) is 34.0. The Kier molecular flexibility index (Phi) is 3.58.